The van der Waals surface area contributed by atoms with Crippen molar-refractivity contribution in [3.63, 3.8) is 0 Å². The lowest BCUT2D eigenvalue weighted by molar-refractivity contribution is 0.0689. The second-order valence-electron chi connectivity index (χ2n) is 6.15. The summed E-state index contributed by atoms with van der Waals surface area (Å²) in [6.45, 7) is 0. The molecule has 1 fully saturated rings. The van der Waals surface area contributed by atoms with Gasteiger partial charge in [-0.1, -0.05) is 49.9 Å². The van der Waals surface area contributed by atoms with Gasteiger partial charge >= 0.3 is 5.97 Å². The van der Waals surface area contributed by atoms with Crippen molar-refractivity contribution >= 4 is 5.97 Å². The number of carboxylic acids is 1. The number of nitrogens with zero attached hydrogens (tertiary/aromatic N) is 2. The molecule has 0 atom stereocenters. The number of aromatic carboxylic acids is 1. The Hall–Kier alpha value is -2.10. The van der Waals surface area contributed by atoms with Crippen molar-refractivity contribution in [2.24, 2.45) is 7.05 Å². The zero-order valence-electron chi connectivity index (χ0n) is 13.0. The topological polar surface area (TPSA) is 55.1 Å². The molecule has 2 aromatic rings. The Kier molecular flexibility index (Phi) is 4.27. The Bertz CT molecular complexity index is 650. The van der Waals surface area contributed by atoms with Gasteiger partial charge in [0.25, 0.3) is 0 Å². The van der Waals surface area contributed by atoms with Crippen LogP contribution < -0.4 is 0 Å². The van der Waals surface area contributed by atoms with Crippen LogP contribution in [-0.4, -0.2) is 20.9 Å². The van der Waals surface area contributed by atoms with Gasteiger partial charge in [0, 0.05) is 7.05 Å². The lowest BCUT2D eigenvalue weighted by Gasteiger charge is -2.15. The average Bonchev–Trinajstić information content (AvgIpc) is 2.74. The molecule has 0 amide bonds. The first-order valence-corrected chi connectivity index (χ1v) is 8.03. The molecule has 1 N–H and O–H groups in total. The third kappa shape index (κ3) is 3.06. The number of hydrogen-bond acceptors (Lipinski definition) is 2. The molecule has 22 heavy (non-hydrogen) atoms. The van der Waals surface area contributed by atoms with Gasteiger partial charge in [0.1, 0.15) is 0 Å². The smallest absolute Gasteiger partial charge is 0.356 e. The summed E-state index contributed by atoms with van der Waals surface area (Å²) >= 11 is 0. The van der Waals surface area contributed by atoms with E-state index in [1.54, 1.807) is 17.8 Å². The first-order valence-electron chi connectivity index (χ1n) is 8.03. The molecule has 0 saturated heterocycles. The first-order chi connectivity index (χ1) is 10.6. The number of aromatic nitrogens is 2. The van der Waals surface area contributed by atoms with E-state index >= 15 is 0 Å². The number of carboxylic acid groups (broad SMARTS) is 1. The fourth-order valence-corrected chi connectivity index (χ4v) is 3.38. The summed E-state index contributed by atoms with van der Waals surface area (Å²) in [6.07, 6.45) is 7.96. The van der Waals surface area contributed by atoms with Gasteiger partial charge in [0.15, 0.2) is 5.69 Å². The van der Waals surface area contributed by atoms with Crippen LogP contribution in [0.25, 0.3) is 11.3 Å². The van der Waals surface area contributed by atoms with Crippen molar-refractivity contribution in [3.05, 3.63) is 41.6 Å². The highest BCUT2D eigenvalue weighted by Crippen LogP contribution is 2.32. The third-order valence-corrected chi connectivity index (χ3v) is 4.63. The Labute approximate surface area is 130 Å². The third-order valence-electron chi connectivity index (χ3n) is 4.63. The van der Waals surface area contributed by atoms with Gasteiger partial charge in [-0.2, -0.15) is 5.10 Å². The molecule has 1 aliphatic carbocycles. The number of aryl methyl sites for hydroxylation is 1. The van der Waals surface area contributed by atoms with E-state index in [4.69, 9.17) is 5.11 Å². The van der Waals surface area contributed by atoms with Crippen LogP contribution >= 0.6 is 0 Å². The van der Waals surface area contributed by atoms with Gasteiger partial charge in [-0.3, -0.25) is 4.68 Å². The van der Waals surface area contributed by atoms with Crippen LogP contribution in [0.3, 0.4) is 0 Å². The largest absolute Gasteiger partial charge is 0.476 e. The zero-order chi connectivity index (χ0) is 15.5. The molecule has 4 heteroatoms. The quantitative estimate of drug-likeness (QED) is 0.863. The van der Waals surface area contributed by atoms with Crippen LogP contribution in [0.4, 0.5) is 0 Å². The van der Waals surface area contributed by atoms with Gasteiger partial charge in [0.05, 0.1) is 5.69 Å². The van der Waals surface area contributed by atoms with Crippen LogP contribution in [0.5, 0.6) is 0 Å². The normalized spacial score (nSPS) is 16.4. The zero-order valence-corrected chi connectivity index (χ0v) is 13.0. The van der Waals surface area contributed by atoms with Crippen molar-refractivity contribution < 1.29 is 9.90 Å². The molecule has 1 aliphatic rings. The number of hydrogen-bond donors (Lipinski definition) is 1. The number of benzene rings is 1. The van der Waals surface area contributed by atoms with Gasteiger partial charge in [-0.15, -0.1) is 0 Å². The summed E-state index contributed by atoms with van der Waals surface area (Å²) in [6, 6.07) is 10.2. The number of rotatable bonds is 3. The molecule has 4 nitrogen and oxygen atoms in total. The van der Waals surface area contributed by atoms with E-state index in [2.05, 4.69) is 29.4 Å². The Morgan fingerprint density at radius 2 is 1.77 bits per heavy atom. The van der Waals surface area contributed by atoms with Crippen LogP contribution in [0, 0.1) is 0 Å². The summed E-state index contributed by atoms with van der Waals surface area (Å²) in [7, 11) is 1.78. The average molecular weight is 298 g/mol. The summed E-state index contributed by atoms with van der Waals surface area (Å²) in [5, 5.41) is 13.1. The fourth-order valence-electron chi connectivity index (χ4n) is 3.38. The minimum atomic E-state index is -0.989. The summed E-state index contributed by atoms with van der Waals surface area (Å²) in [5.41, 5.74) is 3.35. The maximum absolute atomic E-state index is 11.0. The van der Waals surface area contributed by atoms with Crippen molar-refractivity contribution in [3.8, 4) is 11.3 Å². The van der Waals surface area contributed by atoms with E-state index in [0.29, 0.717) is 5.92 Å². The van der Waals surface area contributed by atoms with Crippen molar-refractivity contribution in [2.75, 3.05) is 0 Å². The van der Waals surface area contributed by atoms with E-state index in [9.17, 15) is 4.79 Å². The summed E-state index contributed by atoms with van der Waals surface area (Å²) in [5.74, 6) is -0.311. The molecule has 3 rings (SSSR count). The molecule has 1 aromatic heterocycles. The second kappa shape index (κ2) is 6.34. The number of carbonyl (C=O) groups is 1. The molecule has 0 unspecified atom stereocenters. The molecule has 0 radical (unpaired) electrons. The van der Waals surface area contributed by atoms with Crippen LogP contribution in [0.1, 0.15) is 60.5 Å². The van der Waals surface area contributed by atoms with Crippen molar-refractivity contribution in [1.29, 1.82) is 0 Å². The highest BCUT2D eigenvalue weighted by atomic mass is 16.4. The maximum atomic E-state index is 11.0. The minimum Gasteiger partial charge on any atom is -0.476 e. The Balaban J connectivity index is 1.83. The Morgan fingerprint density at radius 1 is 1.14 bits per heavy atom. The van der Waals surface area contributed by atoms with E-state index in [0.717, 1.165) is 11.3 Å². The van der Waals surface area contributed by atoms with Crippen LogP contribution in [0.2, 0.25) is 0 Å². The van der Waals surface area contributed by atoms with Crippen LogP contribution in [-0.2, 0) is 7.05 Å². The minimum absolute atomic E-state index is 0.0883. The molecule has 0 bridgehead atoms. The highest BCUT2D eigenvalue weighted by molar-refractivity contribution is 5.87. The van der Waals surface area contributed by atoms with E-state index < -0.39 is 5.97 Å². The summed E-state index contributed by atoms with van der Waals surface area (Å²) in [4.78, 5) is 11.0. The van der Waals surface area contributed by atoms with E-state index in [-0.39, 0.29) is 5.69 Å². The molecule has 1 saturated carbocycles. The molecular formula is C18H22N2O2. The van der Waals surface area contributed by atoms with E-state index in [1.165, 1.54) is 44.1 Å². The van der Waals surface area contributed by atoms with E-state index in [1.807, 2.05) is 0 Å². The molecule has 0 aliphatic heterocycles. The SMILES string of the molecule is Cn1nc(C(=O)O)cc1-c1ccc(C2CCCCCC2)cc1. The lowest BCUT2D eigenvalue weighted by atomic mass is 9.91. The van der Waals surface area contributed by atoms with Crippen molar-refractivity contribution in [2.45, 2.75) is 44.4 Å². The van der Waals surface area contributed by atoms with Gasteiger partial charge < -0.3 is 5.11 Å². The molecule has 1 heterocycles. The fraction of sp³-hybridized carbons (Fsp3) is 0.444. The highest BCUT2D eigenvalue weighted by Gasteiger charge is 2.16. The molecular weight excluding hydrogens is 276 g/mol. The van der Waals surface area contributed by atoms with Crippen LogP contribution in [0.15, 0.2) is 30.3 Å². The monoisotopic (exact) mass is 298 g/mol. The Morgan fingerprint density at radius 3 is 2.32 bits per heavy atom. The summed E-state index contributed by atoms with van der Waals surface area (Å²) < 4.78 is 1.63. The maximum Gasteiger partial charge on any atom is 0.356 e. The standard InChI is InChI=1S/C18H22N2O2/c1-20-17(12-16(19-20)18(21)22)15-10-8-14(9-11-15)13-6-4-2-3-5-7-13/h8-13H,2-7H2,1H3,(H,21,22). The van der Waals surface area contributed by atoms with Gasteiger partial charge in [-0.25, -0.2) is 4.79 Å². The predicted molar refractivity (Wildman–Crippen MR) is 86.0 cm³/mol. The predicted octanol–water partition coefficient (Wildman–Crippen LogP) is 4.22. The molecule has 0 spiro atoms. The second-order valence-corrected chi connectivity index (χ2v) is 6.15. The molecule has 116 valence electrons. The lowest BCUT2D eigenvalue weighted by Crippen LogP contribution is -1.99. The van der Waals surface area contributed by atoms with Gasteiger partial charge in [-0.05, 0) is 36.0 Å². The van der Waals surface area contributed by atoms with Crippen molar-refractivity contribution in [1.82, 2.24) is 9.78 Å². The van der Waals surface area contributed by atoms with Gasteiger partial charge in [0.2, 0.25) is 0 Å². The molecule has 1 aromatic carbocycles. The first kappa shape index (κ1) is 14.8.